The minimum atomic E-state index is -0.620. The molecule has 1 aromatic carbocycles. The molecule has 3 nitrogen and oxygen atoms in total. The molecule has 104 valence electrons. The van der Waals surface area contributed by atoms with Crippen molar-refractivity contribution in [2.24, 2.45) is 0 Å². The number of nitrogens with one attached hydrogen (secondary N) is 2. The van der Waals surface area contributed by atoms with E-state index in [9.17, 15) is 4.79 Å². The predicted octanol–water partition coefficient (Wildman–Crippen LogP) is 2.75. The van der Waals surface area contributed by atoms with Gasteiger partial charge in [-0.1, -0.05) is 30.3 Å². The topological polar surface area (TPSA) is 41.1 Å². The van der Waals surface area contributed by atoms with E-state index in [1.54, 1.807) is 0 Å². The Bertz CT molecular complexity index is 461. The van der Waals surface area contributed by atoms with Gasteiger partial charge < -0.3 is 10.6 Å². The van der Waals surface area contributed by atoms with Crippen molar-refractivity contribution in [1.82, 2.24) is 10.6 Å². The number of amides is 1. The molecule has 0 bridgehead atoms. The van der Waals surface area contributed by atoms with E-state index in [2.05, 4.69) is 10.6 Å². The Balaban J connectivity index is 2.75. The fourth-order valence-corrected chi connectivity index (χ4v) is 2.02. The zero-order valence-electron chi connectivity index (χ0n) is 12.2. The minimum Gasteiger partial charge on any atom is -0.358 e. The van der Waals surface area contributed by atoms with Crippen LogP contribution in [-0.4, -0.2) is 16.6 Å². The molecule has 0 aliphatic rings. The van der Waals surface area contributed by atoms with Crippen molar-refractivity contribution in [3.8, 4) is 0 Å². The lowest BCUT2D eigenvalue weighted by molar-refractivity contribution is -0.124. The summed E-state index contributed by atoms with van der Waals surface area (Å²) >= 11 is 5.15. The fraction of sp³-hybridized carbons (Fsp3) is 0.467. The van der Waals surface area contributed by atoms with Crippen LogP contribution in [0.2, 0.25) is 0 Å². The van der Waals surface area contributed by atoms with Crippen molar-refractivity contribution in [3.63, 3.8) is 0 Å². The summed E-state index contributed by atoms with van der Waals surface area (Å²) in [7, 11) is 0. The lowest BCUT2D eigenvalue weighted by Crippen LogP contribution is -2.51. The van der Waals surface area contributed by atoms with Gasteiger partial charge in [0.25, 0.3) is 0 Å². The monoisotopic (exact) mass is 278 g/mol. The molecule has 0 aliphatic carbocycles. The molecule has 0 aliphatic heterocycles. The molecule has 0 unspecified atom stereocenters. The highest BCUT2D eigenvalue weighted by Crippen LogP contribution is 2.22. The van der Waals surface area contributed by atoms with E-state index in [4.69, 9.17) is 12.2 Å². The quantitative estimate of drug-likeness (QED) is 0.817. The van der Waals surface area contributed by atoms with Gasteiger partial charge in [0.15, 0.2) is 5.11 Å². The second-order valence-corrected chi connectivity index (χ2v) is 6.56. The molecule has 0 saturated heterocycles. The third-order valence-electron chi connectivity index (χ3n) is 2.78. The van der Waals surface area contributed by atoms with Gasteiger partial charge in [-0.15, -0.1) is 0 Å². The van der Waals surface area contributed by atoms with E-state index in [0.29, 0.717) is 5.11 Å². The largest absolute Gasteiger partial charge is 0.358 e. The Labute approximate surface area is 120 Å². The SMILES string of the molecule is CC(C)(C)NC(=S)NC(=O)C(C)(C)c1ccccc1. The fourth-order valence-electron chi connectivity index (χ4n) is 1.62. The molecule has 19 heavy (non-hydrogen) atoms. The summed E-state index contributed by atoms with van der Waals surface area (Å²) in [5.41, 5.74) is 0.178. The van der Waals surface area contributed by atoms with E-state index in [1.807, 2.05) is 65.0 Å². The Morgan fingerprint density at radius 1 is 1.05 bits per heavy atom. The van der Waals surface area contributed by atoms with Gasteiger partial charge in [-0.3, -0.25) is 4.79 Å². The molecule has 0 radical (unpaired) electrons. The summed E-state index contributed by atoms with van der Waals surface area (Å²) in [4.78, 5) is 12.3. The number of rotatable bonds is 2. The van der Waals surface area contributed by atoms with Crippen LogP contribution < -0.4 is 10.6 Å². The Morgan fingerprint density at radius 2 is 1.58 bits per heavy atom. The molecular weight excluding hydrogens is 256 g/mol. The molecule has 1 amide bonds. The molecule has 0 saturated carbocycles. The molecule has 0 spiro atoms. The first kappa shape index (κ1) is 15.6. The molecule has 0 aromatic heterocycles. The van der Waals surface area contributed by atoms with Gasteiger partial charge in [0, 0.05) is 5.54 Å². The van der Waals surface area contributed by atoms with E-state index in [0.717, 1.165) is 5.56 Å². The van der Waals surface area contributed by atoms with Gasteiger partial charge in [-0.05, 0) is 52.4 Å². The van der Waals surface area contributed by atoms with Gasteiger partial charge in [0.2, 0.25) is 5.91 Å². The maximum atomic E-state index is 12.3. The van der Waals surface area contributed by atoms with Crippen LogP contribution in [0.4, 0.5) is 0 Å². The Morgan fingerprint density at radius 3 is 2.05 bits per heavy atom. The first-order valence-corrected chi connectivity index (χ1v) is 6.73. The molecule has 2 N–H and O–H groups in total. The second-order valence-electron chi connectivity index (χ2n) is 6.15. The second kappa shape index (κ2) is 5.70. The number of thiocarbonyl (C=S) groups is 1. The van der Waals surface area contributed by atoms with Crippen molar-refractivity contribution in [3.05, 3.63) is 35.9 Å². The third-order valence-corrected chi connectivity index (χ3v) is 2.98. The van der Waals surface area contributed by atoms with Crippen molar-refractivity contribution < 1.29 is 4.79 Å². The average molecular weight is 278 g/mol. The number of hydrogen-bond donors (Lipinski definition) is 2. The van der Waals surface area contributed by atoms with Gasteiger partial charge in [-0.2, -0.15) is 0 Å². The third kappa shape index (κ3) is 4.63. The summed E-state index contributed by atoms with van der Waals surface area (Å²) in [5, 5.41) is 6.19. The molecule has 0 fully saturated rings. The first-order valence-electron chi connectivity index (χ1n) is 6.32. The summed E-state index contributed by atoms with van der Waals surface area (Å²) in [6.45, 7) is 9.75. The summed E-state index contributed by atoms with van der Waals surface area (Å²) < 4.78 is 0. The molecule has 1 rings (SSSR count). The van der Waals surface area contributed by atoms with E-state index < -0.39 is 5.41 Å². The van der Waals surface area contributed by atoms with E-state index in [-0.39, 0.29) is 11.4 Å². The van der Waals surface area contributed by atoms with E-state index in [1.165, 1.54) is 0 Å². The molecule has 0 atom stereocenters. The van der Waals surface area contributed by atoms with Gasteiger partial charge in [0.05, 0.1) is 5.41 Å². The average Bonchev–Trinajstić information content (AvgIpc) is 2.27. The van der Waals surface area contributed by atoms with Gasteiger partial charge in [0.1, 0.15) is 0 Å². The number of carbonyl (C=O) groups is 1. The normalized spacial score (nSPS) is 11.8. The Kier molecular flexibility index (Phi) is 4.69. The van der Waals surface area contributed by atoms with Crippen molar-refractivity contribution in [1.29, 1.82) is 0 Å². The molecule has 1 aromatic rings. The van der Waals surface area contributed by atoms with Crippen LogP contribution in [0.5, 0.6) is 0 Å². The highest BCUT2D eigenvalue weighted by atomic mass is 32.1. The van der Waals surface area contributed by atoms with Crippen LogP contribution in [0.3, 0.4) is 0 Å². The zero-order valence-corrected chi connectivity index (χ0v) is 13.0. The van der Waals surface area contributed by atoms with Crippen LogP contribution in [0.25, 0.3) is 0 Å². The number of carbonyl (C=O) groups excluding carboxylic acids is 1. The van der Waals surface area contributed by atoms with Crippen LogP contribution in [0.1, 0.15) is 40.2 Å². The standard InChI is InChI=1S/C15H22N2OS/c1-14(2,3)17-13(19)16-12(18)15(4,5)11-9-7-6-8-10-11/h6-10H,1-5H3,(H2,16,17,18,19). The van der Waals surface area contributed by atoms with Crippen LogP contribution in [0.15, 0.2) is 30.3 Å². The lowest BCUT2D eigenvalue weighted by Gasteiger charge is -2.27. The molecule has 4 heteroatoms. The summed E-state index contributed by atoms with van der Waals surface area (Å²) in [6, 6.07) is 9.68. The summed E-state index contributed by atoms with van der Waals surface area (Å²) in [5.74, 6) is -0.111. The number of benzene rings is 1. The summed E-state index contributed by atoms with van der Waals surface area (Å²) in [6.07, 6.45) is 0. The highest BCUT2D eigenvalue weighted by molar-refractivity contribution is 7.80. The lowest BCUT2D eigenvalue weighted by atomic mass is 9.84. The van der Waals surface area contributed by atoms with Crippen molar-refractivity contribution in [2.45, 2.75) is 45.6 Å². The van der Waals surface area contributed by atoms with Crippen LogP contribution >= 0.6 is 12.2 Å². The minimum absolute atomic E-state index is 0.111. The maximum Gasteiger partial charge on any atom is 0.236 e. The van der Waals surface area contributed by atoms with Crippen LogP contribution in [-0.2, 0) is 10.2 Å². The smallest absolute Gasteiger partial charge is 0.236 e. The van der Waals surface area contributed by atoms with Gasteiger partial charge in [-0.25, -0.2) is 0 Å². The van der Waals surface area contributed by atoms with E-state index >= 15 is 0 Å². The number of hydrogen-bond acceptors (Lipinski definition) is 2. The predicted molar refractivity (Wildman–Crippen MR) is 83.1 cm³/mol. The molecular formula is C15H22N2OS. The molecule has 0 heterocycles. The highest BCUT2D eigenvalue weighted by Gasteiger charge is 2.30. The van der Waals surface area contributed by atoms with Gasteiger partial charge >= 0.3 is 0 Å². The van der Waals surface area contributed by atoms with Crippen LogP contribution in [0, 0.1) is 0 Å². The maximum absolute atomic E-state index is 12.3. The first-order chi connectivity index (χ1) is 8.63. The Hall–Kier alpha value is -1.42. The van der Waals surface area contributed by atoms with Crippen molar-refractivity contribution in [2.75, 3.05) is 0 Å². The zero-order chi connectivity index (χ0) is 14.7. The van der Waals surface area contributed by atoms with Crippen molar-refractivity contribution >= 4 is 23.2 Å².